The van der Waals surface area contributed by atoms with Crippen LogP contribution in [0.5, 0.6) is 0 Å². The van der Waals surface area contributed by atoms with Crippen LogP contribution >= 0.6 is 12.4 Å². The number of aryl methyl sites for hydroxylation is 2. The van der Waals surface area contributed by atoms with E-state index in [2.05, 4.69) is 36.3 Å². The molecule has 0 aliphatic carbocycles. The molecular formula is C12H20ClN5. The van der Waals surface area contributed by atoms with Crippen LogP contribution in [-0.2, 0) is 20.1 Å². The Bertz CT molecular complexity index is 515. The summed E-state index contributed by atoms with van der Waals surface area (Å²) in [6, 6.07) is 0. The van der Waals surface area contributed by atoms with Crippen molar-refractivity contribution in [2.24, 2.45) is 7.05 Å². The molecule has 5 nitrogen and oxygen atoms in total. The second kappa shape index (κ2) is 5.91. The Kier molecular flexibility index (Phi) is 4.78. The number of hydrogen-bond acceptors (Lipinski definition) is 3. The van der Waals surface area contributed by atoms with E-state index >= 15 is 0 Å². The molecule has 0 saturated carbocycles. The predicted octanol–water partition coefficient (Wildman–Crippen LogP) is 2.29. The highest BCUT2D eigenvalue weighted by molar-refractivity contribution is 5.85. The topological polar surface area (TPSA) is 47.7 Å². The van der Waals surface area contributed by atoms with Crippen molar-refractivity contribution in [3.63, 3.8) is 0 Å². The molecule has 0 spiro atoms. The quantitative estimate of drug-likeness (QED) is 0.926. The molecule has 6 heteroatoms. The van der Waals surface area contributed by atoms with Crippen LogP contribution in [0.2, 0.25) is 0 Å². The highest BCUT2D eigenvalue weighted by atomic mass is 35.5. The summed E-state index contributed by atoms with van der Waals surface area (Å²) in [5, 5.41) is 11.9. The van der Waals surface area contributed by atoms with Crippen LogP contribution < -0.4 is 5.32 Å². The van der Waals surface area contributed by atoms with Gasteiger partial charge >= 0.3 is 0 Å². The lowest BCUT2D eigenvalue weighted by Gasteiger charge is -2.06. The summed E-state index contributed by atoms with van der Waals surface area (Å²) >= 11 is 0. The van der Waals surface area contributed by atoms with Gasteiger partial charge < -0.3 is 5.32 Å². The molecule has 0 radical (unpaired) electrons. The summed E-state index contributed by atoms with van der Waals surface area (Å²) in [6.45, 7) is 7.94. The van der Waals surface area contributed by atoms with Gasteiger partial charge in [0.05, 0.1) is 23.8 Å². The Morgan fingerprint density at radius 3 is 2.39 bits per heavy atom. The molecule has 0 aliphatic rings. The van der Waals surface area contributed by atoms with Crippen molar-refractivity contribution in [3.8, 4) is 0 Å². The van der Waals surface area contributed by atoms with Crippen LogP contribution in [0.3, 0.4) is 0 Å². The van der Waals surface area contributed by atoms with Gasteiger partial charge in [0.25, 0.3) is 0 Å². The lowest BCUT2D eigenvalue weighted by Crippen LogP contribution is -2.03. The highest BCUT2D eigenvalue weighted by Gasteiger charge is 2.07. The van der Waals surface area contributed by atoms with Gasteiger partial charge in [-0.25, -0.2) is 0 Å². The molecule has 18 heavy (non-hydrogen) atoms. The molecule has 0 saturated heterocycles. The average molecular weight is 270 g/mol. The monoisotopic (exact) mass is 269 g/mol. The third-order valence-electron chi connectivity index (χ3n) is 3.21. The van der Waals surface area contributed by atoms with Gasteiger partial charge in [-0.15, -0.1) is 12.4 Å². The maximum absolute atomic E-state index is 4.31. The van der Waals surface area contributed by atoms with E-state index < -0.39 is 0 Å². The largest absolute Gasteiger partial charge is 0.378 e. The van der Waals surface area contributed by atoms with Crippen molar-refractivity contribution in [1.29, 1.82) is 0 Å². The molecular weight excluding hydrogens is 250 g/mol. The summed E-state index contributed by atoms with van der Waals surface area (Å²) in [6.07, 6.45) is 3.78. The average Bonchev–Trinajstić information content (AvgIpc) is 2.83. The first kappa shape index (κ1) is 14.6. The normalized spacial score (nSPS) is 10.2. The maximum atomic E-state index is 4.31. The zero-order valence-electron chi connectivity index (χ0n) is 11.3. The van der Waals surface area contributed by atoms with E-state index in [1.807, 2.05) is 28.8 Å². The van der Waals surface area contributed by atoms with Crippen LogP contribution in [-0.4, -0.2) is 19.6 Å². The van der Waals surface area contributed by atoms with Crippen molar-refractivity contribution >= 4 is 18.1 Å². The van der Waals surface area contributed by atoms with E-state index in [4.69, 9.17) is 0 Å². The van der Waals surface area contributed by atoms with Crippen LogP contribution in [0.4, 0.5) is 5.69 Å². The van der Waals surface area contributed by atoms with Crippen molar-refractivity contribution in [2.45, 2.75) is 33.9 Å². The number of aromatic nitrogens is 4. The van der Waals surface area contributed by atoms with E-state index in [0.717, 1.165) is 18.8 Å². The SMILES string of the molecule is CCn1ncc(NCc2cnn(C)c2C)c1C.Cl. The molecule has 0 bridgehead atoms. The maximum Gasteiger partial charge on any atom is 0.0758 e. The summed E-state index contributed by atoms with van der Waals surface area (Å²) in [5.41, 5.74) is 4.68. The van der Waals surface area contributed by atoms with Gasteiger partial charge in [-0.3, -0.25) is 9.36 Å². The Labute approximate surface area is 114 Å². The molecule has 2 aromatic heterocycles. The summed E-state index contributed by atoms with van der Waals surface area (Å²) in [5.74, 6) is 0. The van der Waals surface area contributed by atoms with Crippen LogP contribution in [0.1, 0.15) is 23.9 Å². The zero-order chi connectivity index (χ0) is 12.4. The van der Waals surface area contributed by atoms with Gasteiger partial charge in [-0.2, -0.15) is 10.2 Å². The lowest BCUT2D eigenvalue weighted by atomic mass is 10.2. The van der Waals surface area contributed by atoms with E-state index in [1.165, 1.54) is 17.0 Å². The molecule has 2 rings (SSSR count). The smallest absolute Gasteiger partial charge is 0.0758 e. The van der Waals surface area contributed by atoms with Crippen molar-refractivity contribution < 1.29 is 0 Å². The van der Waals surface area contributed by atoms with E-state index in [1.54, 1.807) is 0 Å². The standard InChI is InChI=1S/C12H19N5.ClH/c1-5-17-10(3)12(8-15-17)13-6-11-7-14-16(4)9(11)2;/h7-8,13H,5-6H2,1-4H3;1H. The second-order valence-corrected chi connectivity index (χ2v) is 4.19. The third kappa shape index (κ3) is 2.67. The second-order valence-electron chi connectivity index (χ2n) is 4.19. The lowest BCUT2D eigenvalue weighted by molar-refractivity contribution is 0.640. The summed E-state index contributed by atoms with van der Waals surface area (Å²) in [7, 11) is 1.96. The van der Waals surface area contributed by atoms with Gasteiger partial charge in [0.2, 0.25) is 0 Å². The first-order valence-electron chi connectivity index (χ1n) is 5.87. The molecule has 0 atom stereocenters. The first-order chi connectivity index (χ1) is 8.13. The molecule has 0 unspecified atom stereocenters. The summed E-state index contributed by atoms with van der Waals surface area (Å²) < 4.78 is 3.87. The van der Waals surface area contributed by atoms with Gasteiger partial charge in [-0.05, 0) is 20.8 Å². The van der Waals surface area contributed by atoms with Gasteiger partial charge in [-0.1, -0.05) is 0 Å². The zero-order valence-corrected chi connectivity index (χ0v) is 12.1. The van der Waals surface area contributed by atoms with Gasteiger partial charge in [0.1, 0.15) is 0 Å². The van der Waals surface area contributed by atoms with Crippen LogP contribution in [0, 0.1) is 13.8 Å². The van der Waals surface area contributed by atoms with Crippen LogP contribution in [0.15, 0.2) is 12.4 Å². The number of hydrogen-bond donors (Lipinski definition) is 1. The Hall–Kier alpha value is -1.49. The predicted molar refractivity (Wildman–Crippen MR) is 75.2 cm³/mol. The Morgan fingerprint density at radius 1 is 1.17 bits per heavy atom. The highest BCUT2D eigenvalue weighted by Crippen LogP contribution is 2.15. The van der Waals surface area contributed by atoms with Crippen molar-refractivity contribution in [2.75, 3.05) is 5.32 Å². The Morgan fingerprint density at radius 2 is 1.89 bits per heavy atom. The Balaban J connectivity index is 0.00000162. The molecule has 0 amide bonds. The van der Waals surface area contributed by atoms with Crippen LogP contribution in [0.25, 0.3) is 0 Å². The fourth-order valence-electron chi connectivity index (χ4n) is 1.85. The fraction of sp³-hybridized carbons (Fsp3) is 0.500. The fourth-order valence-corrected chi connectivity index (χ4v) is 1.85. The third-order valence-corrected chi connectivity index (χ3v) is 3.21. The first-order valence-corrected chi connectivity index (χ1v) is 5.87. The van der Waals surface area contributed by atoms with Crippen molar-refractivity contribution in [1.82, 2.24) is 19.6 Å². The number of rotatable bonds is 4. The molecule has 0 fully saturated rings. The van der Waals surface area contributed by atoms with Gasteiger partial charge in [0, 0.05) is 31.4 Å². The minimum atomic E-state index is 0. The molecule has 2 aromatic rings. The molecule has 100 valence electrons. The van der Waals surface area contributed by atoms with E-state index in [0.29, 0.717) is 0 Å². The van der Waals surface area contributed by atoms with Crippen molar-refractivity contribution in [3.05, 3.63) is 29.3 Å². The molecule has 2 heterocycles. The number of nitrogens with zero attached hydrogens (tertiary/aromatic N) is 4. The molecule has 1 N–H and O–H groups in total. The van der Waals surface area contributed by atoms with E-state index in [9.17, 15) is 0 Å². The summed E-state index contributed by atoms with van der Waals surface area (Å²) in [4.78, 5) is 0. The number of nitrogens with one attached hydrogen (secondary N) is 1. The number of anilines is 1. The minimum absolute atomic E-state index is 0. The molecule has 0 aliphatic heterocycles. The molecule has 0 aromatic carbocycles. The minimum Gasteiger partial charge on any atom is -0.378 e. The van der Waals surface area contributed by atoms with E-state index in [-0.39, 0.29) is 12.4 Å². The van der Waals surface area contributed by atoms with Gasteiger partial charge in [0.15, 0.2) is 0 Å². The number of halogens is 1.